The van der Waals surface area contributed by atoms with E-state index in [1.54, 1.807) is 0 Å². The predicted molar refractivity (Wildman–Crippen MR) is 203 cm³/mol. The Morgan fingerprint density at radius 3 is 1.84 bits per heavy atom. The topological polar surface area (TPSA) is 56.7 Å². The number of benzene rings is 7. The van der Waals surface area contributed by atoms with Crippen LogP contribution in [0.4, 0.5) is 0 Å². The molecule has 0 spiro atoms. The first kappa shape index (κ1) is 23.5. The summed E-state index contributed by atoms with van der Waals surface area (Å²) in [6.07, 6.45) is 0. The number of nitrogens with zero attached hydrogens (tertiary/aromatic N) is 4. The van der Waals surface area contributed by atoms with Crippen LogP contribution in [-0.2, 0) is 0 Å². The average Bonchev–Trinajstić information content (AvgIpc) is 3.77. The molecule has 234 valence electrons. The van der Waals surface area contributed by atoms with Gasteiger partial charge in [0.2, 0.25) is 0 Å². The van der Waals surface area contributed by atoms with E-state index in [1.807, 2.05) is 60.7 Å². The van der Waals surface area contributed by atoms with Crippen LogP contribution in [0.25, 0.3) is 94.7 Å². The maximum Gasteiger partial charge on any atom is 0.164 e. The molecule has 3 heterocycles. The fourth-order valence-corrected chi connectivity index (χ4v) is 6.80. The number of fused-ring (bicyclic) bond motifs is 6. The lowest BCUT2D eigenvalue weighted by Gasteiger charge is -2.08. The Hall–Kier alpha value is -6.85. The van der Waals surface area contributed by atoms with Gasteiger partial charge in [-0.15, -0.1) is 0 Å². The highest BCUT2D eigenvalue weighted by Gasteiger charge is 2.16. The number of hydrogen-bond donors (Lipinski definition) is 0. The minimum atomic E-state index is -0.481. The first-order chi connectivity index (χ1) is 26.8. The molecule has 0 saturated heterocycles. The summed E-state index contributed by atoms with van der Waals surface area (Å²) in [6, 6.07) is 44.7. The zero-order valence-electron chi connectivity index (χ0n) is 31.5. The average molecular weight is 646 g/mol. The first-order valence-electron chi connectivity index (χ1n) is 18.8. The molecule has 0 atom stereocenters. The van der Waals surface area contributed by atoms with E-state index in [-0.39, 0.29) is 29.3 Å². The Morgan fingerprint density at radius 1 is 0.420 bits per heavy atom. The van der Waals surface area contributed by atoms with E-state index in [1.165, 1.54) is 10.8 Å². The Kier molecular flexibility index (Phi) is 5.35. The molecule has 10 rings (SSSR count). The van der Waals surface area contributed by atoms with Crippen molar-refractivity contribution in [1.29, 1.82) is 0 Å². The number of furan rings is 1. The molecule has 5 nitrogen and oxygen atoms in total. The molecule has 10 aromatic rings. The van der Waals surface area contributed by atoms with Crippen molar-refractivity contribution in [2.24, 2.45) is 0 Å². The third-order valence-electron chi connectivity index (χ3n) is 9.14. The van der Waals surface area contributed by atoms with Crippen molar-refractivity contribution < 1.29 is 11.3 Å². The zero-order valence-corrected chi connectivity index (χ0v) is 26.5. The molecule has 0 unspecified atom stereocenters. The van der Waals surface area contributed by atoms with Gasteiger partial charge < -0.3 is 8.98 Å². The van der Waals surface area contributed by atoms with Crippen LogP contribution in [0.15, 0.2) is 174 Å². The van der Waals surface area contributed by atoms with Crippen molar-refractivity contribution in [2.45, 2.75) is 0 Å². The van der Waals surface area contributed by atoms with Gasteiger partial charge in [0.05, 0.1) is 17.9 Å². The largest absolute Gasteiger partial charge is 0.456 e. The van der Waals surface area contributed by atoms with Crippen LogP contribution in [0.5, 0.6) is 0 Å². The molecule has 50 heavy (non-hydrogen) atoms. The van der Waals surface area contributed by atoms with E-state index in [0.29, 0.717) is 22.5 Å². The van der Waals surface area contributed by atoms with Crippen LogP contribution < -0.4 is 0 Å². The summed E-state index contributed by atoms with van der Waals surface area (Å²) in [4.78, 5) is 14.1. The second-order valence-corrected chi connectivity index (χ2v) is 12.1. The molecule has 0 aliphatic rings. The summed E-state index contributed by atoms with van der Waals surface area (Å²) in [5.41, 5.74) is 8.17. The molecular weight excluding hydrogens is 613 g/mol. The lowest BCUT2D eigenvalue weighted by Crippen LogP contribution is -2.00. The minimum absolute atomic E-state index is 0.0148. The van der Waals surface area contributed by atoms with E-state index in [9.17, 15) is 0 Å². The molecule has 3 aromatic heterocycles. The van der Waals surface area contributed by atoms with Gasteiger partial charge in [-0.1, -0.05) is 115 Å². The Balaban J connectivity index is 1.09. The Bertz CT molecular complexity index is 3130. The summed E-state index contributed by atoms with van der Waals surface area (Å²) in [6.45, 7) is 0. The van der Waals surface area contributed by atoms with Crippen LogP contribution >= 0.6 is 0 Å². The van der Waals surface area contributed by atoms with Gasteiger partial charge in [0.25, 0.3) is 0 Å². The van der Waals surface area contributed by atoms with Gasteiger partial charge in [0.15, 0.2) is 17.5 Å². The van der Waals surface area contributed by atoms with Crippen molar-refractivity contribution in [3.8, 4) is 51.0 Å². The molecule has 0 fully saturated rings. The third-order valence-corrected chi connectivity index (χ3v) is 9.14. The summed E-state index contributed by atoms with van der Waals surface area (Å²) in [5, 5.41) is 4.25. The van der Waals surface area contributed by atoms with Gasteiger partial charge in [0, 0.05) is 43.9 Å². The second kappa shape index (κ2) is 11.4. The quantitative estimate of drug-likeness (QED) is 0.187. The van der Waals surface area contributed by atoms with Gasteiger partial charge in [-0.05, 0) is 65.7 Å². The SMILES string of the molecule is [2H]c1c([2H])c([2H])c(-c2nc(-c3ccccc3)nc(-c3ccc4c(c3)oc3ccc(-c5ccc6c(c5)c5ccccc5n6-c5ccccc5)cc34)n2)c([2H])c1[2H]. The fraction of sp³-hybridized carbons (Fsp3) is 0. The van der Waals surface area contributed by atoms with Gasteiger partial charge in [-0.25, -0.2) is 15.0 Å². The van der Waals surface area contributed by atoms with Crippen LogP contribution in [0.1, 0.15) is 6.85 Å². The molecule has 0 saturated carbocycles. The minimum Gasteiger partial charge on any atom is -0.456 e. The zero-order chi connectivity index (χ0) is 37.4. The van der Waals surface area contributed by atoms with Crippen molar-refractivity contribution in [3.05, 3.63) is 170 Å². The predicted octanol–water partition coefficient (Wildman–Crippen LogP) is 11.5. The van der Waals surface area contributed by atoms with Crippen molar-refractivity contribution in [1.82, 2.24) is 19.5 Å². The van der Waals surface area contributed by atoms with Crippen LogP contribution in [-0.4, -0.2) is 19.5 Å². The molecule has 7 aromatic carbocycles. The molecule has 5 heteroatoms. The Morgan fingerprint density at radius 2 is 1.04 bits per heavy atom. The molecule has 0 aliphatic carbocycles. The monoisotopic (exact) mass is 645 g/mol. The van der Waals surface area contributed by atoms with E-state index >= 15 is 0 Å². The molecule has 0 bridgehead atoms. The third kappa shape index (κ3) is 4.67. The molecule has 0 radical (unpaired) electrons. The summed E-state index contributed by atoms with van der Waals surface area (Å²) in [5.74, 6) is 0.575. The number of hydrogen-bond acceptors (Lipinski definition) is 4. The number of para-hydroxylation sites is 2. The molecule has 0 amide bonds. The van der Waals surface area contributed by atoms with E-state index < -0.39 is 18.1 Å². The molecule has 0 N–H and O–H groups in total. The number of aromatic nitrogens is 4. The highest BCUT2D eigenvalue weighted by Crippen LogP contribution is 2.38. The highest BCUT2D eigenvalue weighted by molar-refractivity contribution is 6.11. The van der Waals surface area contributed by atoms with E-state index in [2.05, 4.69) is 93.4 Å². The van der Waals surface area contributed by atoms with Gasteiger partial charge >= 0.3 is 0 Å². The maximum absolute atomic E-state index is 8.60. The lowest BCUT2D eigenvalue weighted by atomic mass is 10.0. The maximum atomic E-state index is 8.60. The standard InChI is InChI=1S/C45H28N4O/c1-4-12-29(13-5-1)43-46-44(30-14-6-2-7-15-30)48-45(47-43)33-20-23-36-38-27-32(22-25-41(38)50-42(36)28-33)31-21-24-40-37(26-31)35-18-10-11-19-39(35)49(40)34-16-8-3-9-17-34/h1-28H/i1D,4D,5D,12D,13D. The van der Waals surface area contributed by atoms with Gasteiger partial charge in [0.1, 0.15) is 11.2 Å². The van der Waals surface area contributed by atoms with E-state index in [4.69, 9.17) is 16.3 Å². The smallest absolute Gasteiger partial charge is 0.164 e. The highest BCUT2D eigenvalue weighted by atomic mass is 16.3. The van der Waals surface area contributed by atoms with Crippen molar-refractivity contribution >= 4 is 43.7 Å². The van der Waals surface area contributed by atoms with Crippen LogP contribution in [0.3, 0.4) is 0 Å². The Labute approximate surface area is 294 Å². The second-order valence-electron chi connectivity index (χ2n) is 12.1. The van der Waals surface area contributed by atoms with Crippen molar-refractivity contribution in [2.75, 3.05) is 0 Å². The van der Waals surface area contributed by atoms with Gasteiger partial charge in [-0.2, -0.15) is 0 Å². The van der Waals surface area contributed by atoms with Crippen LogP contribution in [0, 0.1) is 0 Å². The number of rotatable bonds is 5. The molecule has 0 aliphatic heterocycles. The first-order valence-corrected chi connectivity index (χ1v) is 16.3. The fourth-order valence-electron chi connectivity index (χ4n) is 6.80. The summed E-state index contributed by atoms with van der Waals surface area (Å²) in [7, 11) is 0. The van der Waals surface area contributed by atoms with Crippen molar-refractivity contribution in [3.63, 3.8) is 0 Å². The molecular formula is C45H28N4O. The normalized spacial score (nSPS) is 13.0. The van der Waals surface area contributed by atoms with Crippen LogP contribution in [0.2, 0.25) is 0 Å². The van der Waals surface area contributed by atoms with E-state index in [0.717, 1.165) is 44.2 Å². The summed E-state index contributed by atoms with van der Waals surface area (Å²) < 4.78 is 50.4. The lowest BCUT2D eigenvalue weighted by molar-refractivity contribution is 0.669. The summed E-state index contributed by atoms with van der Waals surface area (Å²) >= 11 is 0. The van der Waals surface area contributed by atoms with Gasteiger partial charge in [-0.3, -0.25) is 0 Å².